The number of para-hydroxylation sites is 1. The summed E-state index contributed by atoms with van der Waals surface area (Å²) < 4.78 is 13.4. The molecule has 7 nitrogen and oxygen atoms in total. The Morgan fingerprint density at radius 1 is 1.21 bits per heavy atom. The number of hydrogen-bond acceptors (Lipinski definition) is 5. The summed E-state index contributed by atoms with van der Waals surface area (Å²) in [5.41, 5.74) is 2.28. The summed E-state index contributed by atoms with van der Waals surface area (Å²) in [6, 6.07) is 11.2. The molecule has 1 saturated carbocycles. The number of benzene rings is 1. The second-order valence-corrected chi connectivity index (χ2v) is 7.37. The highest BCUT2D eigenvalue weighted by Gasteiger charge is 2.30. The molecule has 2 aromatic heterocycles. The van der Waals surface area contributed by atoms with E-state index in [9.17, 15) is 9.90 Å². The van der Waals surface area contributed by atoms with Gasteiger partial charge < -0.3 is 14.6 Å². The molecule has 0 unspecified atom stereocenters. The summed E-state index contributed by atoms with van der Waals surface area (Å²) in [4.78, 5) is 16.2. The first kappa shape index (κ1) is 17.2. The predicted molar refractivity (Wildman–Crippen MR) is 102 cm³/mol. The van der Waals surface area contributed by atoms with E-state index in [1.54, 1.807) is 4.68 Å². The Morgan fingerprint density at radius 2 is 2.04 bits per heavy atom. The van der Waals surface area contributed by atoms with Gasteiger partial charge in [0, 0.05) is 18.4 Å². The second-order valence-electron chi connectivity index (χ2n) is 7.37. The monoisotopic (exact) mass is 379 g/mol. The number of aromatic nitrogens is 3. The van der Waals surface area contributed by atoms with E-state index in [-0.39, 0.29) is 11.8 Å². The van der Waals surface area contributed by atoms with E-state index < -0.39 is 5.97 Å². The Bertz CT molecular complexity index is 1020. The van der Waals surface area contributed by atoms with Crippen LogP contribution < -0.4 is 4.74 Å². The largest absolute Gasteiger partial charge is 0.487 e. The summed E-state index contributed by atoms with van der Waals surface area (Å²) in [7, 11) is 0. The van der Waals surface area contributed by atoms with Gasteiger partial charge in [-0.3, -0.25) is 0 Å². The van der Waals surface area contributed by atoms with Gasteiger partial charge in [-0.05, 0) is 25.0 Å². The average Bonchev–Trinajstić information content (AvgIpc) is 3.29. The van der Waals surface area contributed by atoms with Crippen LogP contribution in [0.15, 0.2) is 36.4 Å². The Labute approximate surface area is 161 Å². The highest BCUT2D eigenvalue weighted by molar-refractivity contribution is 5.94. The standard InChI is InChI=1S/C21H21N3O4/c25-21(26)16-11-17(28-15-9-10-27-12-15)18-19(13-5-4-6-13)23-24(20(18)22-16)14-7-2-1-3-8-14/h1-3,7-8,11,13,15H,4-6,9-10,12H2,(H,25,26)/t15-/m1/s1. The maximum absolute atomic E-state index is 11.7. The third-order valence-corrected chi connectivity index (χ3v) is 5.52. The van der Waals surface area contributed by atoms with E-state index in [0.717, 1.165) is 36.0 Å². The fourth-order valence-electron chi connectivity index (χ4n) is 3.81. The van der Waals surface area contributed by atoms with E-state index in [1.807, 2.05) is 30.3 Å². The van der Waals surface area contributed by atoms with E-state index in [1.165, 1.54) is 12.5 Å². The third kappa shape index (κ3) is 2.92. The van der Waals surface area contributed by atoms with Gasteiger partial charge in [0.25, 0.3) is 0 Å². The molecule has 7 heteroatoms. The number of carboxylic acids is 1. The summed E-state index contributed by atoms with van der Waals surface area (Å²) >= 11 is 0. The van der Waals surface area contributed by atoms with Crippen LogP contribution in [0, 0.1) is 0 Å². The minimum atomic E-state index is -1.08. The Hall–Kier alpha value is -2.93. The maximum Gasteiger partial charge on any atom is 0.354 e. The Kier molecular flexibility index (Phi) is 4.24. The molecule has 0 radical (unpaired) electrons. The average molecular weight is 379 g/mol. The number of carboxylic acid groups (broad SMARTS) is 1. The molecule has 0 amide bonds. The predicted octanol–water partition coefficient (Wildman–Crippen LogP) is 3.55. The van der Waals surface area contributed by atoms with Crippen molar-refractivity contribution in [1.29, 1.82) is 0 Å². The topological polar surface area (TPSA) is 86.5 Å². The van der Waals surface area contributed by atoms with Gasteiger partial charge in [0.2, 0.25) is 0 Å². The zero-order valence-electron chi connectivity index (χ0n) is 15.4. The molecule has 5 rings (SSSR count). The van der Waals surface area contributed by atoms with Gasteiger partial charge in [-0.2, -0.15) is 5.10 Å². The number of carbonyl (C=O) groups is 1. The number of rotatable bonds is 5. The summed E-state index contributed by atoms with van der Waals surface area (Å²) in [5, 5.41) is 15.3. The van der Waals surface area contributed by atoms with Crippen LogP contribution in [0.4, 0.5) is 0 Å². The molecule has 2 fully saturated rings. The SMILES string of the molecule is O=C(O)c1cc(O[C@@H]2CCOC2)c2c(C3CCC3)nn(-c3ccccc3)c2n1. The van der Waals surface area contributed by atoms with Crippen LogP contribution in [0.25, 0.3) is 16.7 Å². The van der Waals surface area contributed by atoms with Crippen molar-refractivity contribution < 1.29 is 19.4 Å². The van der Waals surface area contributed by atoms with Gasteiger partial charge in [-0.1, -0.05) is 24.6 Å². The van der Waals surface area contributed by atoms with Crippen molar-refractivity contribution >= 4 is 17.0 Å². The van der Waals surface area contributed by atoms with Crippen molar-refractivity contribution in [1.82, 2.24) is 14.8 Å². The van der Waals surface area contributed by atoms with Crippen LogP contribution in [0.3, 0.4) is 0 Å². The molecule has 1 aliphatic carbocycles. The minimum absolute atomic E-state index is 0.0429. The van der Waals surface area contributed by atoms with Crippen molar-refractivity contribution in [2.75, 3.05) is 13.2 Å². The lowest BCUT2D eigenvalue weighted by Gasteiger charge is -2.24. The number of fused-ring (bicyclic) bond motifs is 1. The smallest absolute Gasteiger partial charge is 0.354 e. The number of nitrogens with zero attached hydrogens (tertiary/aromatic N) is 3. The molecule has 1 saturated heterocycles. The summed E-state index contributed by atoms with van der Waals surface area (Å²) in [6.45, 7) is 1.17. The van der Waals surface area contributed by atoms with Crippen LogP contribution in [0.5, 0.6) is 5.75 Å². The van der Waals surface area contributed by atoms with Gasteiger partial charge in [-0.25, -0.2) is 14.5 Å². The highest BCUT2D eigenvalue weighted by Crippen LogP contribution is 2.42. The summed E-state index contributed by atoms with van der Waals surface area (Å²) in [6.07, 6.45) is 4.04. The molecule has 1 atom stereocenters. The molecule has 0 bridgehead atoms. The molecule has 2 aliphatic rings. The first-order valence-electron chi connectivity index (χ1n) is 9.67. The maximum atomic E-state index is 11.7. The van der Waals surface area contributed by atoms with E-state index in [2.05, 4.69) is 4.98 Å². The highest BCUT2D eigenvalue weighted by atomic mass is 16.5. The molecule has 0 spiro atoms. The Morgan fingerprint density at radius 3 is 2.68 bits per heavy atom. The quantitative estimate of drug-likeness (QED) is 0.729. The number of hydrogen-bond donors (Lipinski definition) is 1. The molecule has 1 N–H and O–H groups in total. The van der Waals surface area contributed by atoms with E-state index in [4.69, 9.17) is 14.6 Å². The first-order valence-corrected chi connectivity index (χ1v) is 9.67. The number of pyridine rings is 1. The molecule has 1 aliphatic heterocycles. The van der Waals surface area contributed by atoms with Crippen LogP contribution in [0.2, 0.25) is 0 Å². The van der Waals surface area contributed by atoms with Gasteiger partial charge in [0.1, 0.15) is 11.9 Å². The van der Waals surface area contributed by atoms with Gasteiger partial charge >= 0.3 is 5.97 Å². The minimum Gasteiger partial charge on any atom is -0.487 e. The summed E-state index contributed by atoms with van der Waals surface area (Å²) in [5.74, 6) is -0.186. The van der Waals surface area contributed by atoms with Crippen LogP contribution in [-0.2, 0) is 4.74 Å². The molecule has 144 valence electrons. The van der Waals surface area contributed by atoms with Crippen molar-refractivity contribution in [2.45, 2.75) is 37.7 Å². The van der Waals surface area contributed by atoms with E-state index >= 15 is 0 Å². The molecular formula is C21H21N3O4. The Balaban J connectivity index is 1.74. The lowest BCUT2D eigenvalue weighted by atomic mass is 9.82. The molecule has 3 aromatic rings. The van der Waals surface area contributed by atoms with Gasteiger partial charge in [0.05, 0.1) is 30.0 Å². The molecular weight excluding hydrogens is 358 g/mol. The van der Waals surface area contributed by atoms with Crippen LogP contribution in [-0.4, -0.2) is 45.2 Å². The number of ether oxygens (including phenoxy) is 2. The van der Waals surface area contributed by atoms with Crippen molar-refractivity contribution in [3.05, 3.63) is 47.8 Å². The molecule has 1 aromatic carbocycles. The van der Waals surface area contributed by atoms with Gasteiger partial charge in [0.15, 0.2) is 11.3 Å². The van der Waals surface area contributed by atoms with Crippen molar-refractivity contribution in [2.24, 2.45) is 0 Å². The third-order valence-electron chi connectivity index (χ3n) is 5.52. The van der Waals surface area contributed by atoms with E-state index in [0.29, 0.717) is 30.5 Å². The van der Waals surface area contributed by atoms with Crippen LogP contribution >= 0.6 is 0 Å². The van der Waals surface area contributed by atoms with Crippen molar-refractivity contribution in [3.63, 3.8) is 0 Å². The lowest BCUT2D eigenvalue weighted by Crippen LogP contribution is -2.17. The second kappa shape index (κ2) is 6.91. The molecule has 28 heavy (non-hydrogen) atoms. The van der Waals surface area contributed by atoms with Crippen molar-refractivity contribution in [3.8, 4) is 11.4 Å². The number of aromatic carboxylic acids is 1. The van der Waals surface area contributed by atoms with Crippen LogP contribution in [0.1, 0.15) is 47.8 Å². The lowest BCUT2D eigenvalue weighted by molar-refractivity contribution is 0.0690. The first-order chi connectivity index (χ1) is 13.7. The zero-order valence-corrected chi connectivity index (χ0v) is 15.4. The van der Waals surface area contributed by atoms with Gasteiger partial charge in [-0.15, -0.1) is 0 Å². The zero-order chi connectivity index (χ0) is 19.1. The normalized spacial score (nSPS) is 19.6. The fraction of sp³-hybridized carbons (Fsp3) is 0.381. The molecule has 3 heterocycles. The fourth-order valence-corrected chi connectivity index (χ4v) is 3.81.